The molecule has 1 aromatic rings. The van der Waals surface area contributed by atoms with Crippen molar-refractivity contribution in [2.75, 3.05) is 32.7 Å². The number of aliphatic hydroxyl groups excluding tert-OH is 1. The summed E-state index contributed by atoms with van der Waals surface area (Å²) in [5, 5.41) is 10.1. The van der Waals surface area contributed by atoms with Crippen LogP contribution in [0, 0.1) is 5.82 Å². The van der Waals surface area contributed by atoms with Gasteiger partial charge in [-0.3, -0.25) is 14.6 Å². The van der Waals surface area contributed by atoms with Crippen LogP contribution in [0.3, 0.4) is 0 Å². The Morgan fingerprint density at radius 2 is 1.96 bits per heavy atom. The minimum absolute atomic E-state index is 0.0356. The molecule has 0 radical (unpaired) electrons. The van der Waals surface area contributed by atoms with E-state index in [0.717, 1.165) is 44.7 Å². The third-order valence-corrected chi connectivity index (χ3v) is 5.72. The number of carbonyl (C=O) groups is 1. The van der Waals surface area contributed by atoms with Crippen LogP contribution in [0.25, 0.3) is 0 Å². The van der Waals surface area contributed by atoms with Crippen LogP contribution in [-0.2, 0) is 11.3 Å². The lowest BCUT2D eigenvalue weighted by Gasteiger charge is -2.61. The topological polar surface area (TPSA) is 47.0 Å². The third-order valence-electron chi connectivity index (χ3n) is 5.72. The van der Waals surface area contributed by atoms with E-state index in [2.05, 4.69) is 9.80 Å². The monoisotopic (exact) mass is 333 g/mol. The molecule has 1 aromatic carbocycles. The van der Waals surface area contributed by atoms with Gasteiger partial charge < -0.3 is 10.0 Å². The van der Waals surface area contributed by atoms with E-state index >= 15 is 0 Å². The number of hydrogen-bond donors (Lipinski definition) is 1. The number of piperazine rings is 1. The summed E-state index contributed by atoms with van der Waals surface area (Å²) < 4.78 is 13.0. The van der Waals surface area contributed by atoms with E-state index < -0.39 is 0 Å². The number of aliphatic hydroxyl groups is 1. The average molecular weight is 333 g/mol. The van der Waals surface area contributed by atoms with Crippen molar-refractivity contribution in [1.82, 2.24) is 14.7 Å². The highest BCUT2D eigenvalue weighted by Crippen LogP contribution is 2.39. The molecule has 1 spiro atoms. The summed E-state index contributed by atoms with van der Waals surface area (Å²) in [5.74, 6) is -0.0931. The maximum atomic E-state index is 13.0. The number of nitrogens with zero attached hydrogens (tertiary/aromatic N) is 3. The molecule has 0 bridgehead atoms. The number of benzene rings is 1. The minimum Gasteiger partial charge on any atom is -0.392 e. The van der Waals surface area contributed by atoms with Crippen molar-refractivity contribution in [1.29, 1.82) is 0 Å². The second-order valence-corrected chi connectivity index (χ2v) is 7.59. The average Bonchev–Trinajstić information content (AvgIpc) is 2.88. The fourth-order valence-corrected chi connectivity index (χ4v) is 4.68. The lowest BCUT2D eigenvalue weighted by molar-refractivity contribution is -0.149. The predicted octanol–water partition coefficient (Wildman–Crippen LogP) is 0.677. The van der Waals surface area contributed by atoms with E-state index in [0.29, 0.717) is 6.54 Å². The molecule has 1 amide bonds. The highest BCUT2D eigenvalue weighted by molar-refractivity contribution is 5.73. The Hall–Kier alpha value is -1.50. The molecule has 24 heavy (non-hydrogen) atoms. The van der Waals surface area contributed by atoms with Crippen LogP contribution < -0.4 is 0 Å². The molecule has 3 heterocycles. The Balaban J connectivity index is 1.46. The van der Waals surface area contributed by atoms with Gasteiger partial charge in [0.05, 0.1) is 11.6 Å². The van der Waals surface area contributed by atoms with Crippen molar-refractivity contribution in [3.8, 4) is 0 Å². The zero-order valence-corrected chi connectivity index (χ0v) is 14.0. The first-order valence-corrected chi connectivity index (χ1v) is 8.62. The first-order valence-electron chi connectivity index (χ1n) is 8.62. The van der Waals surface area contributed by atoms with Crippen molar-refractivity contribution in [2.24, 2.45) is 0 Å². The summed E-state index contributed by atoms with van der Waals surface area (Å²) in [4.78, 5) is 18.6. The standard InChI is InChI=1S/C18H24FN3O2/c1-13(23)21-8-16-6-17(24)9-22(16)18(12-21)10-20(11-18)7-14-2-4-15(19)5-3-14/h2-5,16-17,24H,6-12H2,1H3. The van der Waals surface area contributed by atoms with Crippen molar-refractivity contribution in [3.05, 3.63) is 35.6 Å². The van der Waals surface area contributed by atoms with Crippen molar-refractivity contribution >= 4 is 5.91 Å². The van der Waals surface area contributed by atoms with Gasteiger partial charge in [0.1, 0.15) is 5.82 Å². The zero-order chi connectivity index (χ0) is 16.9. The van der Waals surface area contributed by atoms with Crippen LogP contribution in [0.2, 0.25) is 0 Å². The molecular formula is C18H24FN3O2. The molecule has 3 aliphatic rings. The summed E-state index contributed by atoms with van der Waals surface area (Å²) in [6, 6.07) is 6.91. The summed E-state index contributed by atoms with van der Waals surface area (Å²) in [6.07, 6.45) is 0.466. The smallest absolute Gasteiger partial charge is 0.219 e. The summed E-state index contributed by atoms with van der Waals surface area (Å²) >= 11 is 0. The van der Waals surface area contributed by atoms with Crippen LogP contribution in [0.15, 0.2) is 24.3 Å². The van der Waals surface area contributed by atoms with Gasteiger partial charge in [-0.05, 0) is 24.1 Å². The van der Waals surface area contributed by atoms with Gasteiger partial charge in [0.2, 0.25) is 5.91 Å². The van der Waals surface area contributed by atoms with Crippen molar-refractivity contribution in [2.45, 2.75) is 37.6 Å². The second kappa shape index (κ2) is 5.79. The summed E-state index contributed by atoms with van der Waals surface area (Å²) in [6.45, 7) is 6.37. The van der Waals surface area contributed by atoms with Crippen molar-refractivity contribution in [3.63, 3.8) is 0 Å². The highest BCUT2D eigenvalue weighted by atomic mass is 19.1. The van der Waals surface area contributed by atoms with Gasteiger partial charge >= 0.3 is 0 Å². The van der Waals surface area contributed by atoms with Gasteiger partial charge in [-0.2, -0.15) is 0 Å². The molecule has 0 aromatic heterocycles. The molecule has 6 heteroatoms. The van der Waals surface area contributed by atoms with Crippen LogP contribution in [0.1, 0.15) is 18.9 Å². The zero-order valence-electron chi connectivity index (χ0n) is 14.0. The molecule has 1 N–H and O–H groups in total. The molecule has 3 aliphatic heterocycles. The van der Waals surface area contributed by atoms with E-state index in [1.165, 1.54) is 12.1 Å². The number of likely N-dealkylation sites (tertiary alicyclic amines) is 1. The number of amides is 1. The predicted molar refractivity (Wildman–Crippen MR) is 87.8 cm³/mol. The van der Waals surface area contributed by atoms with E-state index in [9.17, 15) is 14.3 Å². The first kappa shape index (κ1) is 16.0. The molecular weight excluding hydrogens is 309 g/mol. The summed E-state index contributed by atoms with van der Waals surface area (Å²) in [5.41, 5.74) is 1.06. The first-order chi connectivity index (χ1) is 11.4. The molecule has 2 atom stereocenters. The number of carbonyl (C=O) groups excluding carboxylic acids is 1. The van der Waals surface area contributed by atoms with Gasteiger partial charge in [-0.1, -0.05) is 12.1 Å². The molecule has 4 rings (SSSR count). The van der Waals surface area contributed by atoms with E-state index in [1.807, 2.05) is 17.0 Å². The fraction of sp³-hybridized carbons (Fsp3) is 0.611. The molecule has 130 valence electrons. The van der Waals surface area contributed by atoms with E-state index in [-0.39, 0.29) is 29.4 Å². The lowest BCUT2D eigenvalue weighted by atomic mass is 9.83. The summed E-state index contributed by atoms with van der Waals surface area (Å²) in [7, 11) is 0. The SMILES string of the molecule is CC(=O)N1CC2CC(O)CN2C2(CN(Cc3ccc(F)cc3)C2)C1. The maximum absolute atomic E-state index is 13.0. The highest BCUT2D eigenvalue weighted by Gasteiger charge is 2.56. The molecule has 3 fully saturated rings. The van der Waals surface area contributed by atoms with Gasteiger partial charge in [0.25, 0.3) is 0 Å². The molecule has 0 saturated carbocycles. The van der Waals surface area contributed by atoms with Crippen LogP contribution in [0.5, 0.6) is 0 Å². The fourth-order valence-electron chi connectivity index (χ4n) is 4.68. The second-order valence-electron chi connectivity index (χ2n) is 7.59. The van der Waals surface area contributed by atoms with E-state index in [1.54, 1.807) is 6.92 Å². The third kappa shape index (κ3) is 2.72. The Morgan fingerprint density at radius 3 is 2.62 bits per heavy atom. The van der Waals surface area contributed by atoms with Gasteiger partial charge in [-0.25, -0.2) is 4.39 Å². The van der Waals surface area contributed by atoms with Crippen molar-refractivity contribution < 1.29 is 14.3 Å². The normalized spacial score (nSPS) is 29.5. The number of fused-ring (bicyclic) bond motifs is 2. The number of hydrogen-bond acceptors (Lipinski definition) is 4. The van der Waals surface area contributed by atoms with Gasteiger partial charge in [0.15, 0.2) is 0 Å². The maximum Gasteiger partial charge on any atom is 0.219 e. The molecule has 2 unspecified atom stereocenters. The van der Waals surface area contributed by atoms with Crippen LogP contribution >= 0.6 is 0 Å². The van der Waals surface area contributed by atoms with Gasteiger partial charge in [0, 0.05) is 52.2 Å². The van der Waals surface area contributed by atoms with Gasteiger partial charge in [-0.15, -0.1) is 0 Å². The number of rotatable bonds is 2. The lowest BCUT2D eigenvalue weighted by Crippen LogP contribution is -2.78. The Morgan fingerprint density at radius 1 is 1.25 bits per heavy atom. The van der Waals surface area contributed by atoms with Crippen LogP contribution in [-0.4, -0.2) is 76.1 Å². The molecule has 5 nitrogen and oxygen atoms in total. The number of β-amino-alcohol motifs (C(OH)–C–C–N with tert-alkyl or cyclic N) is 1. The largest absolute Gasteiger partial charge is 0.392 e. The van der Waals surface area contributed by atoms with E-state index in [4.69, 9.17) is 0 Å². The molecule has 0 aliphatic carbocycles. The Kier molecular flexibility index (Phi) is 3.86. The Labute approximate surface area is 141 Å². The molecule has 3 saturated heterocycles. The van der Waals surface area contributed by atoms with Crippen LogP contribution in [0.4, 0.5) is 4.39 Å². The number of halogens is 1. The Bertz CT molecular complexity index is 630. The quantitative estimate of drug-likeness (QED) is 0.865. The minimum atomic E-state index is -0.287.